The third kappa shape index (κ3) is 2.63. The average molecular weight is 332 g/mol. The van der Waals surface area contributed by atoms with Gasteiger partial charge in [0.15, 0.2) is 0 Å². The van der Waals surface area contributed by atoms with Crippen molar-refractivity contribution in [2.45, 2.75) is 6.54 Å². The second kappa shape index (κ2) is 5.54. The molecule has 3 aromatic rings. The van der Waals surface area contributed by atoms with Gasteiger partial charge in [-0.25, -0.2) is 0 Å². The van der Waals surface area contributed by atoms with Gasteiger partial charge in [-0.1, -0.05) is 15.9 Å². The molecule has 1 aromatic heterocycles. The Balaban J connectivity index is 1.78. The van der Waals surface area contributed by atoms with Gasteiger partial charge in [-0.15, -0.1) is 0 Å². The molecule has 0 bridgehead atoms. The summed E-state index contributed by atoms with van der Waals surface area (Å²) >= 11 is 3.56. The van der Waals surface area contributed by atoms with E-state index >= 15 is 0 Å². The highest BCUT2D eigenvalue weighted by molar-refractivity contribution is 9.10. The van der Waals surface area contributed by atoms with Gasteiger partial charge in [0.2, 0.25) is 0 Å². The first-order valence-electron chi connectivity index (χ1n) is 6.26. The van der Waals surface area contributed by atoms with Gasteiger partial charge in [-0.05, 0) is 42.0 Å². The first-order valence-corrected chi connectivity index (χ1v) is 7.05. The third-order valence-corrected chi connectivity index (χ3v) is 3.95. The Morgan fingerprint density at radius 2 is 2.15 bits per heavy atom. The number of hydrogen-bond donors (Lipinski definition) is 2. The molecule has 1 heterocycles. The van der Waals surface area contributed by atoms with Crippen LogP contribution in [0.3, 0.4) is 0 Å². The Labute approximate surface area is 125 Å². The molecule has 20 heavy (non-hydrogen) atoms. The number of ether oxygens (including phenoxy) is 1. The number of halogens is 1. The number of fused-ring (bicyclic) bond motifs is 1. The zero-order valence-corrected chi connectivity index (χ0v) is 12.6. The molecule has 5 heteroatoms. The lowest BCUT2D eigenvalue weighted by Crippen LogP contribution is -2.00. The number of hydrogen-bond acceptors (Lipinski definition) is 3. The lowest BCUT2D eigenvalue weighted by molar-refractivity contribution is 0.414. The van der Waals surface area contributed by atoms with Gasteiger partial charge in [0.25, 0.3) is 0 Å². The van der Waals surface area contributed by atoms with Gasteiger partial charge >= 0.3 is 0 Å². The smallest absolute Gasteiger partial charge is 0.119 e. The monoisotopic (exact) mass is 331 g/mol. The number of benzene rings is 2. The summed E-state index contributed by atoms with van der Waals surface area (Å²) in [6.45, 7) is 0.720. The number of nitrogens with zero attached hydrogens (tertiary/aromatic N) is 1. The summed E-state index contributed by atoms with van der Waals surface area (Å²) in [7, 11) is 1.67. The van der Waals surface area contributed by atoms with Gasteiger partial charge in [-0.2, -0.15) is 5.10 Å². The zero-order valence-electron chi connectivity index (χ0n) is 11.0. The van der Waals surface area contributed by atoms with Crippen LogP contribution in [0.4, 0.5) is 5.69 Å². The summed E-state index contributed by atoms with van der Waals surface area (Å²) in [6, 6.07) is 12.1. The fourth-order valence-corrected chi connectivity index (χ4v) is 2.44. The van der Waals surface area contributed by atoms with Crippen LogP contribution in [0.15, 0.2) is 47.1 Å². The van der Waals surface area contributed by atoms with E-state index in [0.717, 1.165) is 38.9 Å². The van der Waals surface area contributed by atoms with Crippen LogP contribution in [-0.4, -0.2) is 17.3 Å². The van der Waals surface area contributed by atoms with Crippen molar-refractivity contribution in [3.8, 4) is 5.75 Å². The van der Waals surface area contributed by atoms with E-state index in [1.807, 2.05) is 36.5 Å². The van der Waals surface area contributed by atoms with Crippen molar-refractivity contribution in [2.24, 2.45) is 0 Å². The molecule has 0 saturated carbocycles. The van der Waals surface area contributed by atoms with Crippen LogP contribution in [-0.2, 0) is 6.54 Å². The lowest BCUT2D eigenvalue weighted by Gasteiger charge is -2.10. The summed E-state index contributed by atoms with van der Waals surface area (Å²) in [4.78, 5) is 0. The zero-order chi connectivity index (χ0) is 13.9. The number of nitrogens with one attached hydrogen (secondary N) is 2. The van der Waals surface area contributed by atoms with E-state index in [1.165, 1.54) is 0 Å². The molecule has 0 saturated heterocycles. The number of rotatable bonds is 4. The van der Waals surface area contributed by atoms with Crippen molar-refractivity contribution in [3.05, 3.63) is 52.6 Å². The molecule has 102 valence electrons. The number of aromatic nitrogens is 2. The number of methoxy groups -OCH3 is 1. The molecule has 0 radical (unpaired) electrons. The number of H-pyrrole nitrogens is 1. The Bertz CT molecular complexity index is 739. The average Bonchev–Trinajstić information content (AvgIpc) is 2.94. The third-order valence-electron chi connectivity index (χ3n) is 3.18. The molecule has 2 aromatic carbocycles. The highest BCUT2D eigenvalue weighted by Gasteiger charge is 2.03. The van der Waals surface area contributed by atoms with E-state index in [2.05, 4.69) is 37.5 Å². The van der Waals surface area contributed by atoms with Gasteiger partial charge in [-0.3, -0.25) is 5.10 Å². The van der Waals surface area contributed by atoms with E-state index in [0.29, 0.717) is 0 Å². The number of anilines is 1. The Morgan fingerprint density at radius 1 is 1.25 bits per heavy atom. The minimum atomic E-state index is 0.720. The summed E-state index contributed by atoms with van der Waals surface area (Å²) in [5.74, 6) is 0.856. The molecule has 0 aliphatic heterocycles. The van der Waals surface area contributed by atoms with E-state index in [1.54, 1.807) is 7.11 Å². The molecule has 4 nitrogen and oxygen atoms in total. The normalized spacial score (nSPS) is 10.7. The Kier molecular flexibility index (Phi) is 3.60. The van der Waals surface area contributed by atoms with Crippen LogP contribution < -0.4 is 10.1 Å². The van der Waals surface area contributed by atoms with Crippen molar-refractivity contribution in [2.75, 3.05) is 12.4 Å². The first-order chi connectivity index (χ1) is 9.76. The summed E-state index contributed by atoms with van der Waals surface area (Å²) in [5, 5.41) is 11.5. The highest BCUT2D eigenvalue weighted by Crippen LogP contribution is 2.24. The molecule has 0 aliphatic rings. The highest BCUT2D eigenvalue weighted by atomic mass is 79.9. The molecule has 0 atom stereocenters. The topological polar surface area (TPSA) is 49.9 Å². The second-order valence-electron chi connectivity index (χ2n) is 4.48. The van der Waals surface area contributed by atoms with E-state index < -0.39 is 0 Å². The van der Waals surface area contributed by atoms with Crippen molar-refractivity contribution < 1.29 is 4.74 Å². The molecule has 0 amide bonds. The molecular formula is C15H14BrN3O. The van der Waals surface area contributed by atoms with Crippen LogP contribution in [0.1, 0.15) is 5.56 Å². The number of aromatic amines is 1. The molecular weight excluding hydrogens is 318 g/mol. The lowest BCUT2D eigenvalue weighted by atomic mass is 10.2. The summed E-state index contributed by atoms with van der Waals surface area (Å²) in [6.07, 6.45) is 1.82. The van der Waals surface area contributed by atoms with Crippen LogP contribution in [0.5, 0.6) is 5.75 Å². The first kappa shape index (κ1) is 13.0. The van der Waals surface area contributed by atoms with Gasteiger partial charge in [0.1, 0.15) is 5.75 Å². The maximum Gasteiger partial charge on any atom is 0.119 e. The maximum absolute atomic E-state index is 5.25. The predicted octanol–water partition coefficient (Wildman–Crippen LogP) is 3.95. The van der Waals surface area contributed by atoms with Crippen LogP contribution in [0, 0.1) is 0 Å². The summed E-state index contributed by atoms with van der Waals surface area (Å²) in [5.41, 5.74) is 3.23. The molecule has 2 N–H and O–H groups in total. The van der Waals surface area contributed by atoms with Crippen molar-refractivity contribution in [1.29, 1.82) is 0 Å². The molecule has 0 aliphatic carbocycles. The SMILES string of the molecule is COc1ccc(Br)c(CNc2ccc3cn[nH]c3c2)c1. The van der Waals surface area contributed by atoms with Crippen molar-refractivity contribution >= 4 is 32.5 Å². The second-order valence-corrected chi connectivity index (χ2v) is 5.34. The standard InChI is InChI=1S/C15H14BrN3O/c1-20-13-4-5-14(16)11(6-13)8-17-12-3-2-10-9-18-19-15(10)7-12/h2-7,9,17H,8H2,1H3,(H,18,19). The van der Waals surface area contributed by atoms with E-state index in [9.17, 15) is 0 Å². The van der Waals surface area contributed by atoms with E-state index in [4.69, 9.17) is 4.74 Å². The van der Waals surface area contributed by atoms with Crippen LogP contribution in [0.2, 0.25) is 0 Å². The fourth-order valence-electron chi connectivity index (χ4n) is 2.06. The summed E-state index contributed by atoms with van der Waals surface area (Å²) < 4.78 is 6.31. The van der Waals surface area contributed by atoms with Gasteiger partial charge in [0, 0.05) is 22.1 Å². The fraction of sp³-hybridized carbons (Fsp3) is 0.133. The van der Waals surface area contributed by atoms with Crippen LogP contribution in [0.25, 0.3) is 10.9 Å². The molecule has 3 rings (SSSR count). The van der Waals surface area contributed by atoms with E-state index in [-0.39, 0.29) is 0 Å². The predicted molar refractivity (Wildman–Crippen MR) is 84.1 cm³/mol. The van der Waals surface area contributed by atoms with Crippen molar-refractivity contribution in [3.63, 3.8) is 0 Å². The van der Waals surface area contributed by atoms with Crippen molar-refractivity contribution in [1.82, 2.24) is 10.2 Å². The largest absolute Gasteiger partial charge is 0.497 e. The maximum atomic E-state index is 5.25. The molecule has 0 fully saturated rings. The van der Waals surface area contributed by atoms with Gasteiger partial charge in [0.05, 0.1) is 18.8 Å². The Morgan fingerprint density at radius 3 is 3.00 bits per heavy atom. The Hall–Kier alpha value is -2.01. The van der Waals surface area contributed by atoms with Crippen LogP contribution >= 0.6 is 15.9 Å². The van der Waals surface area contributed by atoms with Gasteiger partial charge < -0.3 is 10.1 Å². The molecule has 0 spiro atoms. The minimum Gasteiger partial charge on any atom is -0.497 e. The minimum absolute atomic E-state index is 0.720. The quantitative estimate of drug-likeness (QED) is 0.761. The molecule has 0 unspecified atom stereocenters.